The van der Waals surface area contributed by atoms with E-state index < -0.39 is 23.9 Å². The van der Waals surface area contributed by atoms with E-state index in [1.165, 1.54) is 12.8 Å². The zero-order chi connectivity index (χ0) is 30.5. The van der Waals surface area contributed by atoms with Crippen molar-refractivity contribution in [1.82, 2.24) is 20.0 Å². The van der Waals surface area contributed by atoms with Gasteiger partial charge in [0.1, 0.15) is 12.1 Å². The van der Waals surface area contributed by atoms with Gasteiger partial charge in [-0.15, -0.1) is 0 Å². The normalized spacial score (nSPS) is 19.4. The number of fused-ring (bicyclic) bond motifs is 1. The van der Waals surface area contributed by atoms with Crippen molar-refractivity contribution in [3.05, 3.63) is 64.2 Å². The molecule has 10 nitrogen and oxygen atoms in total. The molecule has 1 saturated carbocycles. The van der Waals surface area contributed by atoms with Crippen molar-refractivity contribution in [2.24, 2.45) is 5.73 Å². The lowest BCUT2D eigenvalue weighted by Crippen LogP contribution is -2.56. The van der Waals surface area contributed by atoms with Gasteiger partial charge in [0, 0.05) is 68.7 Å². The average molecular weight is 609 g/mol. The smallest absolute Gasteiger partial charge is 0.246 e. The van der Waals surface area contributed by atoms with Crippen LogP contribution in [-0.4, -0.2) is 89.2 Å². The molecule has 2 aromatic rings. The maximum absolute atomic E-state index is 13.7. The zero-order valence-corrected chi connectivity index (χ0v) is 25.4. The fourth-order valence-electron chi connectivity index (χ4n) is 5.97. The van der Waals surface area contributed by atoms with Crippen molar-refractivity contribution >= 4 is 40.9 Å². The number of nitrogens with zero attached hydrogens (tertiary/aromatic N) is 3. The molecule has 0 unspecified atom stereocenters. The van der Waals surface area contributed by atoms with Gasteiger partial charge in [-0.05, 0) is 67.6 Å². The molecule has 1 saturated heterocycles. The Morgan fingerprint density at radius 1 is 0.977 bits per heavy atom. The van der Waals surface area contributed by atoms with Gasteiger partial charge in [-0.25, -0.2) is 0 Å². The number of hydrogen-bond acceptors (Lipinski definition) is 6. The van der Waals surface area contributed by atoms with Crippen LogP contribution in [0.5, 0.6) is 0 Å². The Hall–Kier alpha value is -3.47. The van der Waals surface area contributed by atoms with Crippen LogP contribution in [0.15, 0.2) is 42.5 Å². The lowest BCUT2D eigenvalue weighted by Gasteiger charge is -2.37. The van der Waals surface area contributed by atoms with Gasteiger partial charge in [0.05, 0.1) is 0 Å². The molecule has 4 amide bonds. The Morgan fingerprint density at radius 3 is 2.35 bits per heavy atom. The van der Waals surface area contributed by atoms with Crippen molar-refractivity contribution < 1.29 is 19.2 Å². The molecule has 2 heterocycles. The summed E-state index contributed by atoms with van der Waals surface area (Å²) >= 11 is 6.12. The Morgan fingerprint density at radius 2 is 1.67 bits per heavy atom. The monoisotopic (exact) mass is 608 g/mol. The molecular weight excluding hydrogens is 568 g/mol. The van der Waals surface area contributed by atoms with Crippen LogP contribution in [0.1, 0.15) is 48.8 Å². The SMILES string of the molecule is Cc1cc(NC(=O)[C@H](CCN)NC(=O)[C@@H]2Cc3ccccc3CN2C(=O)CCC(=O)N2CCN(C3CC3)CC2)ccc1Cl. The van der Waals surface area contributed by atoms with Gasteiger partial charge < -0.3 is 26.2 Å². The van der Waals surface area contributed by atoms with Gasteiger partial charge >= 0.3 is 0 Å². The predicted molar refractivity (Wildman–Crippen MR) is 165 cm³/mol. The average Bonchev–Trinajstić information content (AvgIpc) is 3.86. The van der Waals surface area contributed by atoms with Gasteiger partial charge in [-0.1, -0.05) is 35.9 Å². The van der Waals surface area contributed by atoms with Gasteiger partial charge in [0.25, 0.3) is 0 Å². The molecule has 1 aliphatic carbocycles. The van der Waals surface area contributed by atoms with Crippen molar-refractivity contribution in [3.8, 4) is 0 Å². The highest BCUT2D eigenvalue weighted by molar-refractivity contribution is 6.31. The minimum atomic E-state index is -0.890. The first kappa shape index (κ1) is 31.0. The Labute approximate surface area is 257 Å². The summed E-state index contributed by atoms with van der Waals surface area (Å²) < 4.78 is 0. The number of nitrogens with one attached hydrogen (secondary N) is 2. The van der Waals surface area contributed by atoms with Gasteiger partial charge in [-0.2, -0.15) is 0 Å². The Bertz CT molecular complexity index is 1360. The van der Waals surface area contributed by atoms with Crippen LogP contribution in [0.4, 0.5) is 5.69 Å². The lowest BCUT2D eigenvalue weighted by atomic mass is 9.92. The van der Waals surface area contributed by atoms with Crippen LogP contribution in [0, 0.1) is 6.92 Å². The van der Waals surface area contributed by atoms with Crippen LogP contribution in [-0.2, 0) is 32.1 Å². The number of hydrogen-bond donors (Lipinski definition) is 3. The first-order valence-electron chi connectivity index (χ1n) is 15.2. The first-order chi connectivity index (χ1) is 20.7. The van der Waals surface area contributed by atoms with Gasteiger partial charge in [-0.3, -0.25) is 24.1 Å². The summed E-state index contributed by atoms with van der Waals surface area (Å²) in [6.45, 7) is 5.42. The first-order valence-corrected chi connectivity index (χ1v) is 15.6. The molecule has 0 radical (unpaired) electrons. The Kier molecular flexibility index (Phi) is 10.00. The number of halogens is 1. The quantitative estimate of drug-likeness (QED) is 0.380. The molecule has 230 valence electrons. The molecule has 2 aliphatic heterocycles. The highest BCUT2D eigenvalue weighted by Gasteiger charge is 2.37. The summed E-state index contributed by atoms with van der Waals surface area (Å²) in [6, 6.07) is 11.9. The van der Waals surface area contributed by atoms with Crippen LogP contribution in [0.3, 0.4) is 0 Å². The van der Waals surface area contributed by atoms with E-state index in [0.29, 0.717) is 36.3 Å². The summed E-state index contributed by atoms with van der Waals surface area (Å²) in [6.07, 6.45) is 3.16. The molecule has 2 atom stereocenters. The fraction of sp³-hybridized carbons (Fsp3) is 0.500. The summed E-state index contributed by atoms with van der Waals surface area (Å²) in [5.41, 5.74) is 9.12. The largest absolute Gasteiger partial charge is 0.342 e. The molecule has 11 heteroatoms. The summed E-state index contributed by atoms with van der Waals surface area (Å²) in [5, 5.41) is 6.28. The second-order valence-electron chi connectivity index (χ2n) is 11.7. The van der Waals surface area contributed by atoms with Crippen molar-refractivity contribution in [3.63, 3.8) is 0 Å². The van der Waals surface area contributed by atoms with Crippen molar-refractivity contribution in [2.75, 3.05) is 38.0 Å². The standard InChI is InChI=1S/C32H41ClN6O4/c1-21-18-24(6-9-26(21)33)35-31(42)27(12-13-34)36-32(43)28-19-22-4-2-3-5-23(22)20-39(28)30(41)11-10-29(40)38-16-14-37(15-17-38)25-7-8-25/h2-6,9,18,25,27-28H,7-8,10-17,19-20,34H2,1H3,(H,35,42)(H,36,43)/t27-,28-/m0/s1. The highest BCUT2D eigenvalue weighted by Crippen LogP contribution is 2.28. The molecule has 3 aliphatic rings. The minimum absolute atomic E-state index is 0.0241. The topological polar surface area (TPSA) is 128 Å². The van der Waals surface area contributed by atoms with E-state index in [1.54, 1.807) is 23.1 Å². The third kappa shape index (κ3) is 7.74. The molecule has 5 rings (SSSR count). The van der Waals surface area contributed by atoms with E-state index >= 15 is 0 Å². The van der Waals surface area contributed by atoms with Crippen LogP contribution < -0.4 is 16.4 Å². The second kappa shape index (κ2) is 13.9. The summed E-state index contributed by atoms with van der Waals surface area (Å²) in [4.78, 5) is 59.3. The lowest BCUT2D eigenvalue weighted by molar-refractivity contribution is -0.144. The number of anilines is 1. The number of benzene rings is 2. The third-order valence-corrected chi connectivity index (χ3v) is 9.09. The molecular formula is C32H41ClN6O4. The number of carbonyl (C=O) groups is 4. The third-order valence-electron chi connectivity index (χ3n) is 8.67. The molecule has 2 fully saturated rings. The summed E-state index contributed by atoms with van der Waals surface area (Å²) in [5.74, 6) is -1.11. The minimum Gasteiger partial charge on any atom is -0.342 e. The van der Waals surface area contributed by atoms with E-state index in [0.717, 1.165) is 29.8 Å². The maximum Gasteiger partial charge on any atom is 0.246 e. The molecule has 0 spiro atoms. The second-order valence-corrected chi connectivity index (χ2v) is 12.2. The van der Waals surface area contributed by atoms with Gasteiger partial charge in [0.2, 0.25) is 23.6 Å². The number of amides is 4. The van der Waals surface area contributed by atoms with E-state index in [4.69, 9.17) is 17.3 Å². The van der Waals surface area contributed by atoms with E-state index in [-0.39, 0.29) is 44.2 Å². The van der Waals surface area contributed by atoms with Crippen LogP contribution in [0.25, 0.3) is 0 Å². The molecule has 43 heavy (non-hydrogen) atoms. The van der Waals surface area contributed by atoms with E-state index in [9.17, 15) is 19.2 Å². The van der Waals surface area contributed by atoms with Crippen molar-refractivity contribution in [1.29, 1.82) is 0 Å². The highest BCUT2D eigenvalue weighted by atomic mass is 35.5. The number of rotatable bonds is 10. The molecule has 4 N–H and O–H groups in total. The summed E-state index contributed by atoms with van der Waals surface area (Å²) in [7, 11) is 0. The number of carbonyl (C=O) groups excluding carboxylic acids is 4. The van der Waals surface area contributed by atoms with Crippen LogP contribution >= 0.6 is 11.6 Å². The molecule has 0 bridgehead atoms. The number of piperazine rings is 1. The van der Waals surface area contributed by atoms with E-state index in [1.807, 2.05) is 36.1 Å². The molecule has 0 aromatic heterocycles. The van der Waals surface area contributed by atoms with Gasteiger partial charge in [0.15, 0.2) is 0 Å². The zero-order valence-electron chi connectivity index (χ0n) is 24.7. The number of aryl methyl sites for hydroxylation is 1. The fourth-order valence-corrected chi connectivity index (χ4v) is 6.08. The van der Waals surface area contributed by atoms with Crippen molar-refractivity contribution in [2.45, 2.75) is 70.1 Å². The molecule has 2 aromatic carbocycles. The Balaban J connectivity index is 1.23. The maximum atomic E-state index is 13.7. The number of nitrogens with two attached hydrogens (primary N) is 1. The van der Waals surface area contributed by atoms with E-state index in [2.05, 4.69) is 15.5 Å². The van der Waals surface area contributed by atoms with Crippen LogP contribution in [0.2, 0.25) is 5.02 Å². The predicted octanol–water partition coefficient (Wildman–Crippen LogP) is 2.46.